The van der Waals surface area contributed by atoms with E-state index in [2.05, 4.69) is 17.4 Å². The Kier molecular flexibility index (Phi) is 6.84. The quantitative estimate of drug-likeness (QED) is 0.825. The van der Waals surface area contributed by atoms with Crippen LogP contribution in [0.2, 0.25) is 0 Å². The fourth-order valence-corrected chi connectivity index (χ4v) is 4.17. The number of nitrogens with one attached hydrogen (secondary N) is 1. The van der Waals surface area contributed by atoms with Gasteiger partial charge in [0.1, 0.15) is 11.6 Å². The maximum Gasteiger partial charge on any atom is 0.410 e. The van der Waals surface area contributed by atoms with Gasteiger partial charge in [0, 0.05) is 22.2 Å². The van der Waals surface area contributed by atoms with Gasteiger partial charge < -0.3 is 10.1 Å². The van der Waals surface area contributed by atoms with Crippen molar-refractivity contribution in [2.24, 2.45) is 0 Å². The zero-order valence-electron chi connectivity index (χ0n) is 17.2. The number of hydrogen-bond acceptors (Lipinski definition) is 4. The summed E-state index contributed by atoms with van der Waals surface area (Å²) in [4.78, 5) is 28.4. The summed E-state index contributed by atoms with van der Waals surface area (Å²) in [5.74, 6) is -0.119. The van der Waals surface area contributed by atoms with Gasteiger partial charge in [0.05, 0.1) is 0 Å². The molecule has 0 bridgehead atoms. The van der Waals surface area contributed by atoms with Crippen molar-refractivity contribution >= 4 is 23.8 Å². The molecule has 0 saturated carbocycles. The zero-order chi connectivity index (χ0) is 20.2. The predicted octanol–water partition coefficient (Wildman–Crippen LogP) is 4.46. The number of amides is 2. The van der Waals surface area contributed by atoms with E-state index in [1.54, 1.807) is 16.7 Å². The molecule has 1 aromatic carbocycles. The lowest BCUT2D eigenvalue weighted by molar-refractivity contribution is -0.129. The van der Waals surface area contributed by atoms with Gasteiger partial charge in [0.2, 0.25) is 5.91 Å². The summed E-state index contributed by atoms with van der Waals surface area (Å²) in [6, 6.07) is 9.66. The fourth-order valence-electron chi connectivity index (χ4n) is 2.97. The predicted molar refractivity (Wildman–Crippen MR) is 110 cm³/mol. The Morgan fingerprint density at radius 3 is 2.30 bits per heavy atom. The van der Waals surface area contributed by atoms with Crippen molar-refractivity contribution in [1.82, 2.24) is 10.2 Å². The van der Waals surface area contributed by atoms with E-state index in [1.807, 2.05) is 59.7 Å². The smallest absolute Gasteiger partial charge is 0.410 e. The van der Waals surface area contributed by atoms with Crippen molar-refractivity contribution in [1.29, 1.82) is 0 Å². The Bertz CT molecular complexity index is 650. The minimum absolute atomic E-state index is 0.119. The van der Waals surface area contributed by atoms with Crippen molar-refractivity contribution in [3.05, 3.63) is 30.3 Å². The highest BCUT2D eigenvalue weighted by atomic mass is 32.2. The largest absolute Gasteiger partial charge is 0.444 e. The van der Waals surface area contributed by atoms with E-state index in [0.29, 0.717) is 13.0 Å². The van der Waals surface area contributed by atoms with Crippen molar-refractivity contribution in [2.75, 3.05) is 6.54 Å². The van der Waals surface area contributed by atoms with Crippen LogP contribution < -0.4 is 5.32 Å². The molecule has 2 atom stereocenters. The second-order valence-corrected chi connectivity index (χ2v) is 10.4. The summed E-state index contributed by atoms with van der Waals surface area (Å²) >= 11 is 1.77. The summed E-state index contributed by atoms with van der Waals surface area (Å²) in [6.45, 7) is 11.9. The molecule has 27 heavy (non-hydrogen) atoms. The van der Waals surface area contributed by atoms with E-state index >= 15 is 0 Å². The molecule has 1 aliphatic heterocycles. The maximum atomic E-state index is 12.9. The first-order valence-corrected chi connectivity index (χ1v) is 10.4. The van der Waals surface area contributed by atoms with Crippen LogP contribution in [0.1, 0.15) is 54.4 Å². The van der Waals surface area contributed by atoms with E-state index in [0.717, 1.165) is 6.42 Å². The highest BCUT2D eigenvalue weighted by molar-refractivity contribution is 8.00. The number of nitrogens with zero attached hydrogens (tertiary/aromatic N) is 1. The van der Waals surface area contributed by atoms with E-state index in [-0.39, 0.29) is 16.7 Å². The monoisotopic (exact) mass is 392 g/mol. The van der Waals surface area contributed by atoms with Gasteiger partial charge in [-0.3, -0.25) is 9.69 Å². The van der Waals surface area contributed by atoms with Crippen molar-refractivity contribution in [2.45, 2.75) is 81.7 Å². The van der Waals surface area contributed by atoms with Crippen LogP contribution in [-0.2, 0) is 9.53 Å². The van der Waals surface area contributed by atoms with E-state index in [4.69, 9.17) is 4.74 Å². The van der Waals surface area contributed by atoms with Gasteiger partial charge in [0.25, 0.3) is 0 Å². The molecule has 0 aliphatic carbocycles. The van der Waals surface area contributed by atoms with Crippen LogP contribution in [0, 0.1) is 0 Å². The van der Waals surface area contributed by atoms with Crippen LogP contribution in [-0.4, -0.2) is 45.9 Å². The molecule has 0 aromatic heterocycles. The molecule has 0 spiro atoms. The number of carbonyl (C=O) groups excluding carboxylic acids is 2. The summed E-state index contributed by atoms with van der Waals surface area (Å²) in [5, 5.41) is 3.30. The van der Waals surface area contributed by atoms with Gasteiger partial charge in [-0.15, -0.1) is 11.8 Å². The molecule has 1 aromatic rings. The Hall–Kier alpha value is -1.69. The Labute approximate surface area is 167 Å². The Morgan fingerprint density at radius 2 is 1.74 bits per heavy atom. The van der Waals surface area contributed by atoms with Gasteiger partial charge in [-0.05, 0) is 66.5 Å². The van der Waals surface area contributed by atoms with Crippen molar-refractivity contribution in [3.63, 3.8) is 0 Å². The lowest BCUT2D eigenvalue weighted by Gasteiger charge is -2.40. The van der Waals surface area contributed by atoms with Gasteiger partial charge in [-0.1, -0.05) is 18.2 Å². The van der Waals surface area contributed by atoms with Crippen LogP contribution in [0.3, 0.4) is 0 Å². The normalized spacial score (nSPS) is 20.9. The van der Waals surface area contributed by atoms with Crippen LogP contribution in [0.25, 0.3) is 0 Å². The number of thioether (sulfide) groups is 1. The number of likely N-dealkylation sites (tertiary alicyclic amines) is 1. The summed E-state index contributed by atoms with van der Waals surface area (Å²) in [5.41, 5.74) is -0.937. The van der Waals surface area contributed by atoms with Crippen LogP contribution in [0.15, 0.2) is 35.2 Å². The SMILES string of the molecule is CC(C)(C)NC(=O)C1CC(Sc2ccccc2)CCN1C(=O)OC(C)(C)C. The molecule has 1 aliphatic rings. The Balaban J connectivity index is 2.14. The third kappa shape index (κ3) is 7.09. The minimum Gasteiger partial charge on any atom is -0.444 e. The molecule has 1 fully saturated rings. The third-order valence-corrected chi connectivity index (χ3v) is 5.33. The van der Waals surface area contributed by atoms with Gasteiger partial charge >= 0.3 is 6.09 Å². The van der Waals surface area contributed by atoms with Crippen LogP contribution in [0.4, 0.5) is 4.79 Å². The molecule has 6 heteroatoms. The minimum atomic E-state index is -0.586. The molecule has 2 unspecified atom stereocenters. The maximum absolute atomic E-state index is 12.9. The number of ether oxygens (including phenoxy) is 1. The first kappa shape index (κ1) is 21.6. The van der Waals surface area contributed by atoms with Crippen molar-refractivity contribution in [3.8, 4) is 0 Å². The number of carbonyl (C=O) groups is 2. The van der Waals surface area contributed by atoms with E-state index < -0.39 is 17.7 Å². The molecular weight excluding hydrogens is 360 g/mol. The number of hydrogen-bond donors (Lipinski definition) is 1. The number of rotatable bonds is 3. The third-order valence-electron chi connectivity index (χ3n) is 4.03. The average Bonchev–Trinajstić information content (AvgIpc) is 2.52. The molecule has 150 valence electrons. The Morgan fingerprint density at radius 1 is 1.11 bits per heavy atom. The molecular formula is C21H32N2O3S. The molecule has 2 amide bonds. The van der Waals surface area contributed by atoms with Gasteiger partial charge in [-0.2, -0.15) is 0 Å². The van der Waals surface area contributed by atoms with Crippen LogP contribution in [0.5, 0.6) is 0 Å². The molecule has 2 rings (SSSR count). The first-order valence-electron chi connectivity index (χ1n) is 9.48. The second kappa shape index (κ2) is 8.55. The van der Waals surface area contributed by atoms with Gasteiger partial charge in [-0.25, -0.2) is 4.79 Å². The molecule has 0 radical (unpaired) electrons. The number of piperidine rings is 1. The fraction of sp³-hybridized carbons (Fsp3) is 0.619. The first-order chi connectivity index (χ1) is 12.4. The average molecular weight is 393 g/mol. The highest BCUT2D eigenvalue weighted by Crippen LogP contribution is 2.33. The highest BCUT2D eigenvalue weighted by Gasteiger charge is 2.39. The number of benzene rings is 1. The second-order valence-electron chi connectivity index (χ2n) is 9.01. The summed E-state index contributed by atoms with van der Waals surface area (Å²) in [7, 11) is 0. The lowest BCUT2D eigenvalue weighted by atomic mass is 9.99. The zero-order valence-corrected chi connectivity index (χ0v) is 18.1. The molecule has 1 N–H and O–H groups in total. The van der Waals surface area contributed by atoms with Crippen molar-refractivity contribution < 1.29 is 14.3 Å². The topological polar surface area (TPSA) is 58.6 Å². The standard InChI is InChI=1S/C21H32N2O3S/c1-20(2,3)22-18(24)17-14-16(27-15-10-8-7-9-11-15)12-13-23(17)19(25)26-21(4,5)6/h7-11,16-17H,12-14H2,1-6H3,(H,22,24). The molecule has 5 nitrogen and oxygen atoms in total. The van der Waals surface area contributed by atoms with Crippen LogP contribution >= 0.6 is 11.8 Å². The van der Waals surface area contributed by atoms with Gasteiger partial charge in [0.15, 0.2) is 0 Å². The van der Waals surface area contributed by atoms with E-state index in [1.165, 1.54) is 4.90 Å². The summed E-state index contributed by atoms with van der Waals surface area (Å²) in [6.07, 6.45) is 1.03. The molecule has 1 saturated heterocycles. The summed E-state index contributed by atoms with van der Waals surface area (Å²) < 4.78 is 5.54. The lowest BCUT2D eigenvalue weighted by Crippen LogP contribution is -2.57. The van der Waals surface area contributed by atoms with E-state index in [9.17, 15) is 9.59 Å². The molecule has 1 heterocycles.